The van der Waals surface area contributed by atoms with Gasteiger partial charge in [-0.25, -0.2) is 0 Å². The van der Waals surface area contributed by atoms with Gasteiger partial charge in [-0.2, -0.15) is 0 Å². The van der Waals surface area contributed by atoms with Crippen molar-refractivity contribution in [1.29, 1.82) is 0 Å². The molecule has 3 aromatic rings. The van der Waals surface area contributed by atoms with Gasteiger partial charge in [-0.15, -0.1) is 0 Å². The molecule has 0 fully saturated rings. The summed E-state index contributed by atoms with van der Waals surface area (Å²) in [6, 6.07) is 30.1. The van der Waals surface area contributed by atoms with E-state index in [-0.39, 0.29) is 18.9 Å². The summed E-state index contributed by atoms with van der Waals surface area (Å²) in [5, 5.41) is 0. The van der Waals surface area contributed by atoms with Gasteiger partial charge in [0.2, 0.25) is 0 Å². The first kappa shape index (κ1) is 18.3. The van der Waals surface area contributed by atoms with Crippen LogP contribution in [0.2, 0.25) is 0 Å². The van der Waals surface area contributed by atoms with E-state index in [1.807, 2.05) is 0 Å². The summed E-state index contributed by atoms with van der Waals surface area (Å²) < 4.78 is 0. The quantitative estimate of drug-likeness (QED) is 0.535. The van der Waals surface area contributed by atoms with Gasteiger partial charge in [-0.05, 0) is 39.4 Å². The first-order valence-electron chi connectivity index (χ1n) is 9.34. The molecule has 0 amide bonds. The van der Waals surface area contributed by atoms with Crippen LogP contribution in [0.25, 0.3) is 12.2 Å². The molecule has 0 N–H and O–H groups in total. The second-order valence-corrected chi connectivity index (χ2v) is 9.92. The van der Waals surface area contributed by atoms with Gasteiger partial charge in [0.15, 0.2) is 0 Å². The van der Waals surface area contributed by atoms with Crippen molar-refractivity contribution >= 4 is 39.8 Å². The maximum atomic E-state index is 2.47. The van der Waals surface area contributed by atoms with Crippen molar-refractivity contribution in [2.75, 3.05) is 0 Å². The Hall–Kier alpha value is -2.05. The fourth-order valence-corrected chi connectivity index (χ4v) is 7.94. The van der Waals surface area contributed by atoms with Crippen LogP contribution in [0.1, 0.15) is 38.9 Å². The summed E-state index contributed by atoms with van der Waals surface area (Å²) in [6.07, 6.45) is 9.60. The molecule has 0 bridgehead atoms. The van der Waals surface area contributed by atoms with Crippen molar-refractivity contribution in [2.45, 2.75) is 17.1 Å². The Kier molecular flexibility index (Phi) is 5.37. The number of benzene rings is 3. The van der Waals surface area contributed by atoms with Crippen molar-refractivity contribution in [1.82, 2.24) is 0 Å². The third kappa shape index (κ3) is 3.44. The minimum Gasteiger partial charge on any atom is -0.0793 e. The molecule has 0 nitrogen and oxygen atoms in total. The second kappa shape index (κ2) is 7.91. The fourth-order valence-electron chi connectivity index (χ4n) is 4.39. The molecule has 27 heavy (non-hydrogen) atoms. The molecule has 2 heteroatoms. The van der Waals surface area contributed by atoms with Crippen LogP contribution < -0.4 is 0 Å². The van der Waals surface area contributed by atoms with Gasteiger partial charge in [0.1, 0.15) is 0 Å². The van der Waals surface area contributed by atoms with Gasteiger partial charge in [-0.3, -0.25) is 0 Å². The Labute approximate surface area is 175 Å². The summed E-state index contributed by atoms with van der Waals surface area (Å²) in [6.45, 7) is 0. The van der Waals surface area contributed by atoms with E-state index >= 15 is 0 Å². The molecule has 0 saturated heterocycles. The average molecular weight is 356 g/mol. The zero-order chi connectivity index (χ0) is 17.3. The zero-order valence-electron chi connectivity index (χ0n) is 15.7. The number of fused-ring (bicyclic) bond motifs is 2. The molecule has 2 unspecified atom stereocenters. The van der Waals surface area contributed by atoms with Gasteiger partial charge in [0.25, 0.3) is 0 Å². The molecule has 3 aromatic carbocycles. The normalized spacial score (nSPS) is 19.0. The van der Waals surface area contributed by atoms with E-state index in [0.29, 0.717) is 11.1 Å². The van der Waals surface area contributed by atoms with E-state index in [4.69, 9.17) is 0 Å². The standard InChI is InChI=1S/C25H21Si.Li/c1-2-8-19(9-3-1)18-26(24-16-14-20-10-4-6-12-22(20)24)25-17-15-21-11-5-7-13-23(21)25;/h1-17,24-25H,18H2;. The van der Waals surface area contributed by atoms with E-state index in [2.05, 4.69) is 103 Å². The summed E-state index contributed by atoms with van der Waals surface area (Å²) in [7, 11) is -0.750. The fraction of sp³-hybridized carbons (Fsp3) is 0.120. The SMILES string of the molecule is C1=CC([Si](Cc2ccccc2)C2C=Cc3ccccc32)c2ccccc21.[Li]. The number of hydrogen-bond donors (Lipinski definition) is 0. The van der Waals surface area contributed by atoms with Crippen molar-refractivity contribution in [3.05, 3.63) is 119 Å². The largest absolute Gasteiger partial charge is 0.0793 e. The van der Waals surface area contributed by atoms with E-state index in [1.54, 1.807) is 0 Å². The predicted octanol–water partition coefficient (Wildman–Crippen LogP) is 5.58. The molecule has 0 aliphatic heterocycles. The second-order valence-electron chi connectivity index (χ2n) is 7.17. The van der Waals surface area contributed by atoms with Gasteiger partial charge >= 0.3 is 0 Å². The van der Waals surface area contributed by atoms with Crippen molar-refractivity contribution in [3.8, 4) is 0 Å². The smallest absolute Gasteiger partial charge is 0.0787 e. The Morgan fingerprint density at radius 2 is 1.07 bits per heavy atom. The van der Waals surface area contributed by atoms with Gasteiger partial charge < -0.3 is 0 Å². The Bertz CT molecular complexity index is 928. The molecule has 0 spiro atoms. The van der Waals surface area contributed by atoms with Crippen molar-refractivity contribution in [2.24, 2.45) is 0 Å². The first-order chi connectivity index (χ1) is 12.9. The first-order valence-corrected chi connectivity index (χ1v) is 11.2. The van der Waals surface area contributed by atoms with E-state index in [0.717, 1.165) is 0 Å². The van der Waals surface area contributed by atoms with E-state index in [1.165, 1.54) is 33.9 Å². The maximum absolute atomic E-state index is 2.47. The number of rotatable bonds is 4. The van der Waals surface area contributed by atoms with Gasteiger partial charge in [0.05, 0.1) is 8.80 Å². The third-order valence-electron chi connectivity index (χ3n) is 5.65. The number of allylic oxidation sites excluding steroid dienone is 2. The van der Waals surface area contributed by atoms with E-state index < -0.39 is 8.80 Å². The molecular formula is C25H21LiSi. The minimum atomic E-state index is -0.750. The molecule has 2 atom stereocenters. The van der Waals surface area contributed by atoms with Crippen LogP contribution in [0.3, 0.4) is 0 Å². The minimum absolute atomic E-state index is 0. The van der Waals surface area contributed by atoms with Crippen LogP contribution in [-0.2, 0) is 6.04 Å². The van der Waals surface area contributed by atoms with Crippen LogP contribution in [0, 0.1) is 0 Å². The predicted molar refractivity (Wildman–Crippen MR) is 118 cm³/mol. The Morgan fingerprint density at radius 1 is 0.593 bits per heavy atom. The summed E-state index contributed by atoms with van der Waals surface area (Å²) in [4.78, 5) is 0. The molecule has 2 radical (unpaired) electrons. The van der Waals surface area contributed by atoms with Crippen molar-refractivity contribution in [3.63, 3.8) is 0 Å². The summed E-state index contributed by atoms with van der Waals surface area (Å²) in [5.74, 6) is 0. The molecular weight excluding hydrogens is 335 g/mol. The molecule has 0 aromatic heterocycles. The Balaban J connectivity index is 0.00000180. The average Bonchev–Trinajstić information content (AvgIpc) is 3.32. The van der Waals surface area contributed by atoms with Crippen LogP contribution in [0.5, 0.6) is 0 Å². The molecule has 5 rings (SSSR count). The molecule has 2 aliphatic rings. The van der Waals surface area contributed by atoms with Crippen LogP contribution >= 0.6 is 0 Å². The van der Waals surface area contributed by atoms with Gasteiger partial charge in [0, 0.05) is 18.9 Å². The van der Waals surface area contributed by atoms with E-state index in [9.17, 15) is 0 Å². The molecule has 0 heterocycles. The zero-order valence-corrected chi connectivity index (χ0v) is 16.7. The van der Waals surface area contributed by atoms with Crippen molar-refractivity contribution < 1.29 is 0 Å². The van der Waals surface area contributed by atoms with Crippen LogP contribution in [0.15, 0.2) is 91.0 Å². The monoisotopic (exact) mass is 356 g/mol. The maximum Gasteiger partial charge on any atom is 0.0787 e. The summed E-state index contributed by atoms with van der Waals surface area (Å²) >= 11 is 0. The molecule has 2 aliphatic carbocycles. The third-order valence-corrected chi connectivity index (χ3v) is 9.07. The molecule has 126 valence electrons. The molecule has 0 saturated carbocycles. The topological polar surface area (TPSA) is 0 Å². The number of hydrogen-bond acceptors (Lipinski definition) is 0. The van der Waals surface area contributed by atoms with Gasteiger partial charge in [-0.1, -0.05) is 109 Å². The summed E-state index contributed by atoms with van der Waals surface area (Å²) in [5.41, 5.74) is 8.46. The van der Waals surface area contributed by atoms with Crippen LogP contribution in [0.4, 0.5) is 0 Å². The Morgan fingerprint density at radius 3 is 1.63 bits per heavy atom. The van der Waals surface area contributed by atoms with Crippen LogP contribution in [-0.4, -0.2) is 27.7 Å².